The number of rotatable bonds is 7. The molecule has 0 saturated heterocycles. The van der Waals surface area contributed by atoms with E-state index in [0.717, 1.165) is 31.8 Å². The highest BCUT2D eigenvalue weighted by molar-refractivity contribution is 5.91. The molecule has 1 aliphatic carbocycles. The van der Waals surface area contributed by atoms with Crippen LogP contribution < -0.4 is 0 Å². The molecule has 4 nitrogen and oxygen atoms in total. The molecule has 0 atom stereocenters. The van der Waals surface area contributed by atoms with Crippen LogP contribution in [0.1, 0.15) is 80.1 Å². The summed E-state index contributed by atoms with van der Waals surface area (Å²) in [6, 6.07) is 0. The van der Waals surface area contributed by atoms with Crippen LogP contribution in [0.4, 0.5) is 0 Å². The van der Waals surface area contributed by atoms with Gasteiger partial charge in [-0.25, -0.2) is 9.59 Å². The first-order chi connectivity index (χ1) is 11.1. The molecule has 0 N–H and O–H groups in total. The van der Waals surface area contributed by atoms with Gasteiger partial charge in [-0.1, -0.05) is 34.1 Å². The van der Waals surface area contributed by atoms with Gasteiger partial charge in [-0.05, 0) is 57.3 Å². The van der Waals surface area contributed by atoms with Gasteiger partial charge >= 0.3 is 11.9 Å². The summed E-state index contributed by atoms with van der Waals surface area (Å²) in [4.78, 5) is 23.6. The fraction of sp³-hybridized carbons (Fsp3) is 0.800. The van der Waals surface area contributed by atoms with Crippen molar-refractivity contribution in [1.82, 2.24) is 0 Å². The summed E-state index contributed by atoms with van der Waals surface area (Å²) in [5.41, 5.74) is -0.166. The maximum Gasteiger partial charge on any atom is 0.331 e. The third-order valence-corrected chi connectivity index (χ3v) is 5.56. The predicted molar refractivity (Wildman–Crippen MR) is 95.5 cm³/mol. The first-order valence-corrected chi connectivity index (χ1v) is 9.21. The molecule has 4 heteroatoms. The highest BCUT2D eigenvalue weighted by Crippen LogP contribution is 2.40. The normalized spacial score (nSPS) is 22.4. The predicted octanol–water partition coefficient (Wildman–Crippen LogP) is 4.81. The molecule has 0 aromatic carbocycles. The van der Waals surface area contributed by atoms with E-state index in [1.54, 1.807) is 0 Å². The molecule has 0 heterocycles. The number of carbonyl (C=O) groups excluding carboxylic acids is 2. The van der Waals surface area contributed by atoms with Crippen molar-refractivity contribution in [2.45, 2.75) is 91.8 Å². The van der Waals surface area contributed by atoms with Crippen LogP contribution >= 0.6 is 0 Å². The van der Waals surface area contributed by atoms with Crippen LogP contribution in [0.15, 0.2) is 12.2 Å². The van der Waals surface area contributed by atoms with Crippen molar-refractivity contribution in [2.24, 2.45) is 11.3 Å². The summed E-state index contributed by atoms with van der Waals surface area (Å²) in [6.07, 6.45) is 8.18. The van der Waals surface area contributed by atoms with Crippen molar-refractivity contribution in [1.29, 1.82) is 0 Å². The summed E-state index contributed by atoms with van der Waals surface area (Å²) in [6.45, 7) is 12.5. The first kappa shape index (κ1) is 20.7. The Kier molecular flexibility index (Phi) is 7.50. The Morgan fingerprint density at radius 2 is 1.46 bits per heavy atom. The lowest BCUT2D eigenvalue weighted by atomic mass is 9.69. The lowest BCUT2D eigenvalue weighted by Crippen LogP contribution is -2.31. The standard InChI is InChI=1S/C20H34O4/c1-7-19(3,4)15-9-11-16(12-10-15)23-17(21)13-14-18(22)24-20(5,6)8-2/h13-16H,7-12H2,1-6H3/b14-13+. The van der Waals surface area contributed by atoms with Gasteiger partial charge in [-0.3, -0.25) is 0 Å². The molecule has 0 unspecified atom stereocenters. The second-order valence-electron chi connectivity index (χ2n) is 8.12. The Morgan fingerprint density at radius 3 is 1.96 bits per heavy atom. The smallest absolute Gasteiger partial charge is 0.331 e. The summed E-state index contributed by atoms with van der Waals surface area (Å²) in [5, 5.41) is 0. The Balaban J connectivity index is 2.39. The number of esters is 2. The second-order valence-corrected chi connectivity index (χ2v) is 8.12. The van der Waals surface area contributed by atoms with Gasteiger partial charge in [-0.2, -0.15) is 0 Å². The largest absolute Gasteiger partial charge is 0.459 e. The molecule has 0 radical (unpaired) electrons. The summed E-state index contributed by atoms with van der Waals surface area (Å²) in [7, 11) is 0. The fourth-order valence-electron chi connectivity index (χ4n) is 2.97. The molecule has 24 heavy (non-hydrogen) atoms. The molecule has 0 aromatic heterocycles. The van der Waals surface area contributed by atoms with Gasteiger partial charge in [0.25, 0.3) is 0 Å². The van der Waals surface area contributed by atoms with E-state index in [1.807, 2.05) is 20.8 Å². The van der Waals surface area contributed by atoms with Gasteiger partial charge in [0.15, 0.2) is 0 Å². The zero-order valence-corrected chi connectivity index (χ0v) is 16.2. The second kappa shape index (κ2) is 8.68. The van der Waals surface area contributed by atoms with Gasteiger partial charge in [0, 0.05) is 12.2 Å². The lowest BCUT2D eigenvalue weighted by molar-refractivity contribution is -0.151. The molecular weight excluding hydrogens is 304 g/mol. The van der Waals surface area contributed by atoms with Crippen molar-refractivity contribution in [2.75, 3.05) is 0 Å². The Morgan fingerprint density at radius 1 is 0.917 bits per heavy atom. The van der Waals surface area contributed by atoms with E-state index in [9.17, 15) is 9.59 Å². The van der Waals surface area contributed by atoms with Crippen LogP contribution in [0.3, 0.4) is 0 Å². The monoisotopic (exact) mass is 338 g/mol. The average Bonchev–Trinajstić information content (AvgIpc) is 2.53. The van der Waals surface area contributed by atoms with Crippen LogP contribution in [-0.4, -0.2) is 23.6 Å². The molecule has 0 amide bonds. The molecule has 0 spiro atoms. The summed E-state index contributed by atoms with van der Waals surface area (Å²) in [5.74, 6) is -0.272. The molecular formula is C20H34O4. The topological polar surface area (TPSA) is 52.6 Å². The number of ether oxygens (including phenoxy) is 2. The van der Waals surface area contributed by atoms with E-state index in [4.69, 9.17) is 9.47 Å². The minimum Gasteiger partial charge on any atom is -0.459 e. The van der Waals surface area contributed by atoms with Crippen molar-refractivity contribution in [3.63, 3.8) is 0 Å². The van der Waals surface area contributed by atoms with Crippen molar-refractivity contribution >= 4 is 11.9 Å². The number of carbonyl (C=O) groups is 2. The molecule has 0 aliphatic heterocycles. The zero-order chi connectivity index (χ0) is 18.4. The van der Waals surface area contributed by atoms with E-state index >= 15 is 0 Å². The molecule has 0 aromatic rings. The maximum atomic E-state index is 11.9. The minimum absolute atomic E-state index is 0.0332. The van der Waals surface area contributed by atoms with Crippen LogP contribution in [0.2, 0.25) is 0 Å². The van der Waals surface area contributed by atoms with Crippen molar-refractivity contribution in [3.8, 4) is 0 Å². The lowest BCUT2D eigenvalue weighted by Gasteiger charge is -2.38. The highest BCUT2D eigenvalue weighted by atomic mass is 16.6. The zero-order valence-electron chi connectivity index (χ0n) is 16.2. The Hall–Kier alpha value is -1.32. The van der Waals surface area contributed by atoms with E-state index < -0.39 is 17.5 Å². The molecule has 0 bridgehead atoms. The molecule has 1 fully saturated rings. The number of hydrogen-bond acceptors (Lipinski definition) is 4. The van der Waals surface area contributed by atoms with Gasteiger partial charge in [0.05, 0.1) is 0 Å². The summed E-state index contributed by atoms with van der Waals surface area (Å²) >= 11 is 0. The molecule has 1 saturated carbocycles. The van der Waals surface area contributed by atoms with E-state index in [-0.39, 0.29) is 6.10 Å². The first-order valence-electron chi connectivity index (χ1n) is 9.21. The van der Waals surface area contributed by atoms with Crippen LogP contribution in [0.25, 0.3) is 0 Å². The van der Waals surface area contributed by atoms with Gasteiger partial charge in [0.2, 0.25) is 0 Å². The molecule has 138 valence electrons. The van der Waals surface area contributed by atoms with E-state index in [1.165, 1.54) is 12.5 Å². The number of hydrogen-bond donors (Lipinski definition) is 0. The molecule has 1 rings (SSSR count). The third-order valence-electron chi connectivity index (χ3n) is 5.56. The van der Waals surface area contributed by atoms with Gasteiger partial charge < -0.3 is 9.47 Å². The quantitative estimate of drug-likeness (QED) is 0.493. The van der Waals surface area contributed by atoms with Crippen molar-refractivity contribution in [3.05, 3.63) is 12.2 Å². The van der Waals surface area contributed by atoms with E-state index in [2.05, 4.69) is 20.8 Å². The maximum absolute atomic E-state index is 11.9. The van der Waals surface area contributed by atoms with Crippen LogP contribution in [-0.2, 0) is 19.1 Å². The summed E-state index contributed by atoms with van der Waals surface area (Å²) < 4.78 is 10.7. The van der Waals surface area contributed by atoms with E-state index in [0.29, 0.717) is 17.8 Å². The minimum atomic E-state index is -0.518. The Bertz CT molecular complexity index is 454. The van der Waals surface area contributed by atoms with Gasteiger partial charge in [0.1, 0.15) is 11.7 Å². The highest BCUT2D eigenvalue weighted by Gasteiger charge is 2.32. The van der Waals surface area contributed by atoms with Crippen LogP contribution in [0, 0.1) is 11.3 Å². The average molecular weight is 338 g/mol. The van der Waals surface area contributed by atoms with Crippen molar-refractivity contribution < 1.29 is 19.1 Å². The Labute approximate surface area is 147 Å². The van der Waals surface area contributed by atoms with Crippen LogP contribution in [0.5, 0.6) is 0 Å². The SMILES string of the molecule is CCC(C)(C)OC(=O)/C=C/C(=O)OC1CCC(C(C)(C)CC)CC1. The third kappa shape index (κ3) is 6.66. The van der Waals surface area contributed by atoms with Gasteiger partial charge in [-0.15, -0.1) is 0 Å². The fourth-order valence-corrected chi connectivity index (χ4v) is 2.97. The molecule has 1 aliphatic rings.